The first-order valence-electron chi connectivity index (χ1n) is 9.81. The maximum absolute atomic E-state index is 12.4. The lowest BCUT2D eigenvalue weighted by molar-refractivity contribution is 0.219. The summed E-state index contributed by atoms with van der Waals surface area (Å²) in [6.07, 6.45) is 2.67. The van der Waals surface area contributed by atoms with E-state index in [1.165, 1.54) is 0 Å². The minimum atomic E-state index is -3.61. The van der Waals surface area contributed by atoms with Crippen molar-refractivity contribution in [2.45, 2.75) is 4.21 Å². The van der Waals surface area contributed by atoms with Gasteiger partial charge in [0.2, 0.25) is 5.95 Å². The number of sulfone groups is 1. The van der Waals surface area contributed by atoms with E-state index in [-0.39, 0.29) is 15.8 Å². The van der Waals surface area contributed by atoms with Crippen LogP contribution in [0.1, 0.15) is 5.56 Å². The number of carbonyl (C=O) groups is 1. The Labute approximate surface area is 189 Å². The van der Waals surface area contributed by atoms with Crippen LogP contribution in [0.2, 0.25) is 0 Å². The van der Waals surface area contributed by atoms with Crippen LogP contribution in [0.5, 0.6) is 0 Å². The molecule has 0 radical (unpaired) electrons. The number of hydrogen-bond donors (Lipinski definition) is 2. The van der Waals surface area contributed by atoms with Gasteiger partial charge in [0.1, 0.15) is 10.3 Å². The molecule has 1 fully saturated rings. The van der Waals surface area contributed by atoms with Crippen molar-refractivity contribution in [3.05, 3.63) is 48.2 Å². The minimum Gasteiger partial charge on any atom is -0.352 e. The van der Waals surface area contributed by atoms with Crippen molar-refractivity contribution in [3.8, 4) is 27.8 Å². The highest BCUT2D eigenvalue weighted by Crippen LogP contribution is 2.44. The van der Waals surface area contributed by atoms with Crippen LogP contribution >= 0.6 is 11.3 Å². The number of urea groups is 1. The predicted octanol–water partition coefficient (Wildman–Crippen LogP) is 2.58. The first kappa shape index (κ1) is 21.7. The number of amides is 2. The molecule has 164 valence electrons. The third kappa shape index (κ3) is 4.42. The molecule has 0 spiro atoms. The molecule has 3 aromatic rings. The molecule has 2 amide bonds. The highest BCUT2D eigenvalue weighted by molar-refractivity contribution is 7.93. The van der Waals surface area contributed by atoms with Gasteiger partial charge < -0.3 is 15.5 Å². The van der Waals surface area contributed by atoms with E-state index in [1.54, 1.807) is 17.2 Å². The summed E-state index contributed by atoms with van der Waals surface area (Å²) < 4.78 is 24.8. The summed E-state index contributed by atoms with van der Waals surface area (Å²) in [5.41, 5.74) is 1.90. The number of carbonyl (C=O) groups excluding carboxylic acids is 1. The number of rotatable bonds is 7. The van der Waals surface area contributed by atoms with Crippen molar-refractivity contribution < 1.29 is 13.2 Å². The highest BCUT2D eigenvalue weighted by atomic mass is 32.2. The molecule has 0 bridgehead atoms. The normalized spacial score (nSPS) is 13.6. The molecule has 0 atom stereocenters. The van der Waals surface area contributed by atoms with Crippen molar-refractivity contribution in [1.82, 2.24) is 20.2 Å². The smallest absolute Gasteiger partial charge is 0.317 e. The molecular weight excluding hydrogens is 448 g/mol. The Hall–Kier alpha value is -3.49. The van der Waals surface area contributed by atoms with Crippen molar-refractivity contribution in [3.63, 3.8) is 0 Å². The van der Waals surface area contributed by atoms with Gasteiger partial charge in [0.25, 0.3) is 0 Å². The molecule has 4 rings (SSSR count). The maximum Gasteiger partial charge on any atom is 0.317 e. The van der Waals surface area contributed by atoms with Gasteiger partial charge >= 0.3 is 6.03 Å². The molecule has 0 unspecified atom stereocenters. The number of nitrogens with zero attached hydrogens (tertiary/aromatic N) is 4. The van der Waals surface area contributed by atoms with Gasteiger partial charge in [0, 0.05) is 44.2 Å². The molecule has 1 saturated heterocycles. The fraction of sp³-hybridized carbons (Fsp3) is 0.238. The quantitative estimate of drug-likeness (QED) is 0.545. The van der Waals surface area contributed by atoms with Crippen molar-refractivity contribution >= 4 is 33.2 Å². The molecule has 0 saturated carbocycles. The van der Waals surface area contributed by atoms with Crippen LogP contribution < -0.4 is 10.6 Å². The van der Waals surface area contributed by atoms with Crippen molar-refractivity contribution in [2.75, 3.05) is 37.8 Å². The molecule has 32 heavy (non-hydrogen) atoms. The number of nitrogens with one attached hydrogen (secondary N) is 2. The third-order valence-corrected chi connectivity index (χ3v) is 7.93. The zero-order chi connectivity index (χ0) is 22.7. The van der Waals surface area contributed by atoms with Gasteiger partial charge in [-0.05, 0) is 11.6 Å². The predicted molar refractivity (Wildman–Crippen MR) is 122 cm³/mol. The molecule has 1 aliphatic rings. The van der Waals surface area contributed by atoms with E-state index < -0.39 is 9.84 Å². The van der Waals surface area contributed by atoms with Crippen LogP contribution in [-0.4, -0.2) is 61.8 Å². The zero-order valence-corrected chi connectivity index (χ0v) is 18.8. The van der Waals surface area contributed by atoms with Gasteiger partial charge in [-0.15, -0.1) is 11.3 Å². The van der Waals surface area contributed by atoms with Crippen LogP contribution in [-0.2, 0) is 9.84 Å². The van der Waals surface area contributed by atoms with E-state index in [9.17, 15) is 18.5 Å². The Balaban J connectivity index is 1.70. The monoisotopic (exact) mass is 468 g/mol. The Kier molecular flexibility index (Phi) is 6.07. The molecule has 1 aliphatic heterocycles. The van der Waals surface area contributed by atoms with E-state index in [1.807, 2.05) is 30.3 Å². The summed E-state index contributed by atoms with van der Waals surface area (Å²) in [6, 6.07) is 12.9. The SMILES string of the molecule is CS(=O)(=O)c1sc(-c2ccnc(NCCN3CCNC3=O)n2)c(-c2ccccc2)c1C#N. The van der Waals surface area contributed by atoms with E-state index in [0.29, 0.717) is 48.3 Å². The Bertz CT molecular complexity index is 1300. The standard InChI is InChI=1S/C21H20N6O3S2/c1-32(29,30)19-15(13-22)17(14-5-3-2-4-6-14)18(31-19)16-7-8-23-20(26-16)24-9-11-27-12-10-25-21(27)28/h2-8H,9-12H2,1H3,(H,25,28)(H,23,24,26). The number of aromatic nitrogens is 2. The molecule has 2 N–H and O–H groups in total. The topological polar surface area (TPSA) is 128 Å². The second-order valence-electron chi connectivity index (χ2n) is 7.13. The average Bonchev–Trinajstić information content (AvgIpc) is 3.38. The Morgan fingerprint density at radius 3 is 2.72 bits per heavy atom. The average molecular weight is 469 g/mol. The fourth-order valence-electron chi connectivity index (χ4n) is 3.43. The number of nitriles is 1. The Morgan fingerprint density at radius 2 is 2.06 bits per heavy atom. The van der Waals surface area contributed by atoms with Gasteiger partial charge in [0.05, 0.1) is 16.1 Å². The van der Waals surface area contributed by atoms with Crippen LogP contribution in [0.25, 0.3) is 21.7 Å². The van der Waals surface area contributed by atoms with Crippen LogP contribution in [0, 0.1) is 11.3 Å². The third-order valence-electron chi connectivity index (χ3n) is 4.89. The number of hydrogen-bond acceptors (Lipinski definition) is 8. The maximum atomic E-state index is 12.4. The van der Waals surface area contributed by atoms with Gasteiger partial charge in [-0.3, -0.25) is 0 Å². The van der Waals surface area contributed by atoms with Gasteiger partial charge in [-0.2, -0.15) is 5.26 Å². The first-order chi connectivity index (χ1) is 15.4. The molecule has 1 aromatic carbocycles. The lowest BCUT2D eigenvalue weighted by Crippen LogP contribution is -2.32. The van der Waals surface area contributed by atoms with Crippen molar-refractivity contribution in [2.24, 2.45) is 0 Å². The minimum absolute atomic E-state index is 0.0158. The molecule has 11 heteroatoms. The molecular formula is C21H20N6O3S2. The zero-order valence-electron chi connectivity index (χ0n) is 17.2. The van der Waals surface area contributed by atoms with E-state index >= 15 is 0 Å². The van der Waals surface area contributed by atoms with E-state index in [0.717, 1.165) is 23.2 Å². The molecule has 3 heterocycles. The number of benzene rings is 1. The largest absolute Gasteiger partial charge is 0.352 e. The summed E-state index contributed by atoms with van der Waals surface area (Å²) >= 11 is 1.03. The highest BCUT2D eigenvalue weighted by Gasteiger charge is 2.27. The van der Waals surface area contributed by atoms with Gasteiger partial charge in [0.15, 0.2) is 9.84 Å². The summed E-state index contributed by atoms with van der Waals surface area (Å²) in [6.45, 7) is 2.26. The second kappa shape index (κ2) is 8.94. The number of anilines is 1. The summed E-state index contributed by atoms with van der Waals surface area (Å²) in [7, 11) is -3.61. The molecule has 2 aromatic heterocycles. The summed E-state index contributed by atoms with van der Waals surface area (Å²) in [4.78, 5) is 22.7. The van der Waals surface area contributed by atoms with Gasteiger partial charge in [-0.25, -0.2) is 23.2 Å². The summed E-state index contributed by atoms with van der Waals surface area (Å²) in [5.74, 6) is 0.355. The Morgan fingerprint density at radius 1 is 1.28 bits per heavy atom. The van der Waals surface area contributed by atoms with E-state index in [2.05, 4.69) is 26.7 Å². The summed E-state index contributed by atoms with van der Waals surface area (Å²) in [5, 5.41) is 15.6. The van der Waals surface area contributed by atoms with Crippen LogP contribution in [0.15, 0.2) is 46.8 Å². The fourth-order valence-corrected chi connectivity index (χ4v) is 5.78. The molecule has 9 nitrogen and oxygen atoms in total. The number of thiophene rings is 1. The van der Waals surface area contributed by atoms with Gasteiger partial charge in [-0.1, -0.05) is 30.3 Å². The molecule has 0 aliphatic carbocycles. The van der Waals surface area contributed by atoms with Crippen LogP contribution in [0.4, 0.5) is 10.7 Å². The second-order valence-corrected chi connectivity index (χ2v) is 10.4. The van der Waals surface area contributed by atoms with Crippen LogP contribution in [0.3, 0.4) is 0 Å². The first-order valence-corrected chi connectivity index (χ1v) is 12.5. The van der Waals surface area contributed by atoms with Crippen molar-refractivity contribution in [1.29, 1.82) is 5.26 Å². The lowest BCUT2D eigenvalue weighted by atomic mass is 10.0. The van der Waals surface area contributed by atoms with E-state index in [4.69, 9.17) is 0 Å². The lowest BCUT2D eigenvalue weighted by Gasteiger charge is -2.14.